The zero-order valence-electron chi connectivity index (χ0n) is 22.0. The maximum Gasteiger partial charge on any atom is 0.283 e. The summed E-state index contributed by atoms with van der Waals surface area (Å²) in [5, 5.41) is 6.47. The van der Waals surface area contributed by atoms with Gasteiger partial charge in [-0.3, -0.25) is 19.2 Å². The quantitative estimate of drug-likeness (QED) is 0.0826. The Labute approximate surface area is 238 Å². The van der Waals surface area contributed by atoms with E-state index in [1.54, 1.807) is 65.5 Å². The number of imide groups is 1. The van der Waals surface area contributed by atoms with E-state index < -0.39 is 6.04 Å². The Balaban J connectivity index is 1.35. The van der Waals surface area contributed by atoms with E-state index in [9.17, 15) is 19.2 Å². The molecular formula is C36H19N2O4+. The lowest BCUT2D eigenvalue weighted by Gasteiger charge is -2.29. The number of Topliss-reactive ketones (excluding diaryl/α,β-unsaturated/α-hetero) is 2. The summed E-state index contributed by atoms with van der Waals surface area (Å²) in [4.78, 5) is 56.4. The van der Waals surface area contributed by atoms with Crippen LogP contribution < -0.4 is 9.47 Å². The van der Waals surface area contributed by atoms with Crippen molar-refractivity contribution in [2.75, 3.05) is 4.90 Å². The number of hydrogen-bond acceptors (Lipinski definition) is 4. The number of carbonyl (C=O) groups is 4. The summed E-state index contributed by atoms with van der Waals surface area (Å²) in [5.41, 5.74) is 2.50. The monoisotopic (exact) mass is 543 g/mol. The first-order valence-corrected chi connectivity index (χ1v) is 13.7. The van der Waals surface area contributed by atoms with Crippen molar-refractivity contribution >= 4 is 72.2 Å². The highest BCUT2D eigenvalue weighted by atomic mass is 16.2. The molecule has 2 amide bonds. The summed E-state index contributed by atoms with van der Waals surface area (Å²) >= 11 is 0. The molecule has 2 heterocycles. The second-order valence-electron chi connectivity index (χ2n) is 10.9. The zero-order valence-corrected chi connectivity index (χ0v) is 22.0. The van der Waals surface area contributed by atoms with E-state index in [1.807, 2.05) is 48.5 Å². The number of pyridine rings is 1. The van der Waals surface area contributed by atoms with Crippen LogP contribution >= 0.6 is 0 Å². The van der Waals surface area contributed by atoms with E-state index in [0.29, 0.717) is 38.7 Å². The number of hydrogen-bond donors (Lipinski definition) is 0. The van der Waals surface area contributed by atoms with E-state index in [-0.39, 0.29) is 23.4 Å². The average molecular weight is 544 g/mol. The molecule has 0 radical (unpaired) electrons. The number of fused-ring (bicyclic) bond motifs is 2. The molecule has 0 bridgehead atoms. The zero-order chi connectivity index (χ0) is 28.3. The second kappa shape index (κ2) is 7.92. The van der Waals surface area contributed by atoms with Gasteiger partial charge in [-0.2, -0.15) is 4.57 Å². The van der Waals surface area contributed by atoms with Crippen molar-refractivity contribution in [3.05, 3.63) is 132 Å². The number of ketones is 2. The van der Waals surface area contributed by atoms with Crippen LogP contribution in [0.5, 0.6) is 0 Å². The maximum atomic E-state index is 13.8. The van der Waals surface area contributed by atoms with E-state index in [4.69, 9.17) is 0 Å². The van der Waals surface area contributed by atoms with Gasteiger partial charge in [0.25, 0.3) is 17.9 Å². The van der Waals surface area contributed by atoms with Gasteiger partial charge >= 0.3 is 0 Å². The molecule has 6 nitrogen and oxygen atoms in total. The van der Waals surface area contributed by atoms with Crippen LogP contribution in [-0.4, -0.2) is 23.4 Å². The van der Waals surface area contributed by atoms with Crippen LogP contribution in [0.2, 0.25) is 0 Å². The average Bonchev–Trinajstić information content (AvgIpc) is 3.03. The summed E-state index contributed by atoms with van der Waals surface area (Å²) in [6.07, 6.45) is 3.48. The summed E-state index contributed by atoms with van der Waals surface area (Å²) in [5.74, 6) is -1.19. The van der Waals surface area contributed by atoms with Crippen LogP contribution in [0.25, 0.3) is 43.1 Å². The maximum absolute atomic E-state index is 13.8. The van der Waals surface area contributed by atoms with E-state index in [0.717, 1.165) is 32.3 Å². The number of aromatic nitrogens is 1. The fraction of sp³-hybridized carbons (Fsp3) is 0.0278. The molecule has 6 heteroatoms. The van der Waals surface area contributed by atoms with Crippen molar-refractivity contribution in [3.63, 3.8) is 0 Å². The molecule has 2 aliphatic rings. The molecule has 1 aliphatic carbocycles. The van der Waals surface area contributed by atoms with Crippen molar-refractivity contribution in [1.82, 2.24) is 0 Å². The van der Waals surface area contributed by atoms with Crippen molar-refractivity contribution in [2.24, 2.45) is 0 Å². The lowest BCUT2D eigenvalue weighted by molar-refractivity contribution is -0.693. The van der Waals surface area contributed by atoms with Gasteiger partial charge in [-0.05, 0) is 68.7 Å². The molecule has 0 saturated heterocycles. The lowest BCUT2D eigenvalue weighted by Crippen LogP contribution is -2.49. The molecule has 0 saturated carbocycles. The van der Waals surface area contributed by atoms with Crippen LogP contribution in [-0.2, 0) is 0 Å². The lowest BCUT2D eigenvalue weighted by atomic mass is 9.78. The highest BCUT2D eigenvalue weighted by Crippen LogP contribution is 2.47. The fourth-order valence-corrected chi connectivity index (χ4v) is 7.07. The first kappa shape index (κ1) is 23.0. The second-order valence-corrected chi connectivity index (χ2v) is 10.9. The van der Waals surface area contributed by atoms with Crippen LogP contribution in [0.3, 0.4) is 0 Å². The number of para-hydroxylation sites is 1. The van der Waals surface area contributed by atoms with Gasteiger partial charge in [0, 0.05) is 45.2 Å². The summed E-state index contributed by atoms with van der Waals surface area (Å²) in [6.45, 7) is 0. The van der Waals surface area contributed by atoms with Gasteiger partial charge in [0.15, 0.2) is 12.4 Å². The minimum atomic E-state index is -0.954. The number of rotatable bonds is 2. The Morgan fingerprint density at radius 2 is 0.881 bits per heavy atom. The molecule has 6 aromatic carbocycles. The number of amides is 2. The standard InChI is InChI=1S/C36H19N2O4/c39-33-24-13-9-20-22-11-15-26-31-27(36(42)38(35(26)41)19-7-3-1-4-8-19)16-12-23(29(22)31)21-10-14-25(30(24)28(20)21)34(40)32(33)37-17-5-2-6-18-37/h1-18,32H/q+1. The van der Waals surface area contributed by atoms with Crippen molar-refractivity contribution in [3.8, 4) is 0 Å². The van der Waals surface area contributed by atoms with Gasteiger partial charge < -0.3 is 0 Å². The highest BCUT2D eigenvalue weighted by molar-refractivity contribution is 6.44. The predicted octanol–water partition coefficient (Wildman–Crippen LogP) is 6.45. The molecular weight excluding hydrogens is 524 g/mol. The van der Waals surface area contributed by atoms with Crippen LogP contribution in [0.4, 0.5) is 5.69 Å². The van der Waals surface area contributed by atoms with Gasteiger partial charge in [0.1, 0.15) is 0 Å². The van der Waals surface area contributed by atoms with E-state index >= 15 is 0 Å². The molecule has 9 rings (SSSR count). The smallest absolute Gasteiger partial charge is 0.283 e. The van der Waals surface area contributed by atoms with E-state index in [1.165, 1.54) is 4.90 Å². The molecule has 42 heavy (non-hydrogen) atoms. The van der Waals surface area contributed by atoms with Crippen molar-refractivity contribution in [2.45, 2.75) is 6.04 Å². The third-order valence-corrected chi connectivity index (χ3v) is 8.85. The molecule has 1 aromatic heterocycles. The number of benzene rings is 6. The largest absolute Gasteiger partial charge is 0.286 e. The van der Waals surface area contributed by atoms with Crippen molar-refractivity contribution in [1.29, 1.82) is 0 Å². The highest BCUT2D eigenvalue weighted by Gasteiger charge is 2.43. The first-order chi connectivity index (χ1) is 20.5. The van der Waals surface area contributed by atoms with Crippen molar-refractivity contribution < 1.29 is 23.7 Å². The molecule has 0 unspecified atom stereocenters. The minimum Gasteiger partial charge on any atom is -0.286 e. The molecule has 196 valence electrons. The molecule has 7 aromatic rings. The van der Waals surface area contributed by atoms with Crippen LogP contribution in [0.15, 0.2) is 109 Å². The Bertz CT molecular complexity index is 2090. The fourth-order valence-electron chi connectivity index (χ4n) is 7.07. The van der Waals surface area contributed by atoms with Gasteiger partial charge in [-0.15, -0.1) is 0 Å². The summed E-state index contributed by atoms with van der Waals surface area (Å²) in [6, 6.07) is 28.4. The third-order valence-electron chi connectivity index (χ3n) is 8.85. The normalized spacial score (nSPS) is 15.2. The van der Waals surface area contributed by atoms with Gasteiger partial charge in [-0.25, -0.2) is 4.90 Å². The van der Waals surface area contributed by atoms with Crippen LogP contribution in [0, 0.1) is 0 Å². The predicted molar refractivity (Wildman–Crippen MR) is 160 cm³/mol. The van der Waals surface area contributed by atoms with Gasteiger partial charge in [0.05, 0.1) is 5.69 Å². The topological polar surface area (TPSA) is 75.4 Å². The Morgan fingerprint density at radius 3 is 1.38 bits per heavy atom. The van der Waals surface area contributed by atoms with Gasteiger partial charge in [0.2, 0.25) is 11.6 Å². The van der Waals surface area contributed by atoms with Gasteiger partial charge in [-0.1, -0.05) is 48.5 Å². The first-order valence-electron chi connectivity index (χ1n) is 13.7. The Kier molecular flexibility index (Phi) is 4.34. The molecule has 1 aliphatic heterocycles. The molecule has 0 N–H and O–H groups in total. The Morgan fingerprint density at radius 1 is 0.452 bits per heavy atom. The number of carbonyl (C=O) groups excluding carboxylic acids is 4. The van der Waals surface area contributed by atoms with Crippen LogP contribution in [0.1, 0.15) is 47.5 Å². The molecule has 0 spiro atoms. The molecule has 0 fully saturated rings. The third kappa shape index (κ3) is 2.71. The Hall–Kier alpha value is -5.75. The number of anilines is 1. The number of nitrogens with zero attached hydrogens (tertiary/aromatic N) is 2. The summed E-state index contributed by atoms with van der Waals surface area (Å²) < 4.78 is 1.66. The SMILES string of the molecule is O=C1c2ccc3c4ccc5c6c(ccc(c7ccc(c2c37)C(=O)C1[n+]1ccccc1)c64)C(=O)N(c1ccccc1)C5=O. The minimum absolute atomic E-state index is 0.236. The molecule has 0 atom stereocenters. The van der Waals surface area contributed by atoms with E-state index in [2.05, 4.69) is 0 Å². The summed E-state index contributed by atoms with van der Waals surface area (Å²) in [7, 11) is 0.